The molecule has 1 amide bonds. The van der Waals surface area contributed by atoms with E-state index in [0.29, 0.717) is 12.0 Å². The van der Waals surface area contributed by atoms with Crippen LogP contribution < -0.4 is 5.32 Å². The summed E-state index contributed by atoms with van der Waals surface area (Å²) in [5, 5.41) is 11.4. The lowest BCUT2D eigenvalue weighted by atomic mass is 10.2. The number of amides is 1. The van der Waals surface area contributed by atoms with E-state index in [0.717, 1.165) is 12.1 Å². The summed E-state index contributed by atoms with van der Waals surface area (Å²) in [6.45, 7) is 1.93. The molecular formula is C13H17NO2. The molecule has 0 aliphatic carbocycles. The monoisotopic (exact) mass is 219 g/mol. The maximum absolute atomic E-state index is 11.7. The second kappa shape index (κ2) is 6.80. The van der Waals surface area contributed by atoms with Gasteiger partial charge in [-0.3, -0.25) is 4.79 Å². The summed E-state index contributed by atoms with van der Waals surface area (Å²) in [6.07, 6.45) is 3.26. The van der Waals surface area contributed by atoms with Gasteiger partial charge in [-0.1, -0.05) is 24.3 Å². The Kier molecular flexibility index (Phi) is 5.29. The fourth-order valence-electron chi connectivity index (χ4n) is 1.25. The van der Waals surface area contributed by atoms with Crippen molar-refractivity contribution in [1.29, 1.82) is 0 Å². The Hall–Kier alpha value is -1.61. The van der Waals surface area contributed by atoms with Gasteiger partial charge in [0.2, 0.25) is 0 Å². The first-order valence-electron chi connectivity index (χ1n) is 5.38. The van der Waals surface area contributed by atoms with Crippen molar-refractivity contribution >= 4 is 11.6 Å². The van der Waals surface area contributed by atoms with Crippen LogP contribution in [0.5, 0.6) is 0 Å². The van der Waals surface area contributed by atoms with Gasteiger partial charge in [-0.25, -0.2) is 0 Å². The summed E-state index contributed by atoms with van der Waals surface area (Å²) in [5.74, 6) is -0.0934. The van der Waals surface area contributed by atoms with Gasteiger partial charge in [0, 0.05) is 17.9 Å². The molecule has 0 saturated carbocycles. The maximum Gasteiger partial charge on any atom is 0.250 e. The van der Waals surface area contributed by atoms with Gasteiger partial charge in [-0.05, 0) is 31.9 Å². The molecule has 0 saturated heterocycles. The van der Waals surface area contributed by atoms with Gasteiger partial charge < -0.3 is 10.4 Å². The third-order valence-corrected chi connectivity index (χ3v) is 2.20. The number of benzene rings is 1. The van der Waals surface area contributed by atoms with Crippen LogP contribution in [0.1, 0.15) is 19.8 Å². The van der Waals surface area contributed by atoms with Crippen LogP contribution in [0.15, 0.2) is 42.0 Å². The van der Waals surface area contributed by atoms with Gasteiger partial charge >= 0.3 is 0 Å². The van der Waals surface area contributed by atoms with Gasteiger partial charge in [0.05, 0.1) is 0 Å². The molecule has 3 heteroatoms. The fraction of sp³-hybridized carbons (Fsp3) is 0.308. The average Bonchev–Trinajstić information content (AvgIpc) is 2.30. The van der Waals surface area contributed by atoms with Crippen molar-refractivity contribution in [2.24, 2.45) is 0 Å². The largest absolute Gasteiger partial charge is 0.396 e. The minimum Gasteiger partial charge on any atom is -0.396 e. The molecule has 0 aliphatic rings. The molecule has 16 heavy (non-hydrogen) atoms. The van der Waals surface area contributed by atoms with Crippen molar-refractivity contribution in [2.45, 2.75) is 19.8 Å². The van der Waals surface area contributed by atoms with Crippen molar-refractivity contribution in [3.8, 4) is 0 Å². The van der Waals surface area contributed by atoms with E-state index in [1.54, 1.807) is 6.92 Å². The predicted octanol–water partition coefficient (Wildman–Crippen LogP) is 2.34. The Morgan fingerprint density at radius 3 is 2.69 bits per heavy atom. The van der Waals surface area contributed by atoms with Crippen LogP contribution in [0.4, 0.5) is 5.69 Å². The first-order chi connectivity index (χ1) is 7.74. The summed E-state index contributed by atoms with van der Waals surface area (Å²) in [4.78, 5) is 11.7. The molecule has 1 aromatic carbocycles. The van der Waals surface area contributed by atoms with E-state index in [2.05, 4.69) is 5.32 Å². The molecule has 2 N–H and O–H groups in total. The molecule has 0 aromatic heterocycles. The number of hydrogen-bond donors (Lipinski definition) is 2. The Labute approximate surface area is 95.8 Å². The topological polar surface area (TPSA) is 49.3 Å². The Bertz CT molecular complexity index is 357. The Balaban J connectivity index is 2.49. The highest BCUT2D eigenvalue weighted by Gasteiger charge is 2.03. The zero-order valence-electron chi connectivity index (χ0n) is 9.44. The van der Waals surface area contributed by atoms with E-state index >= 15 is 0 Å². The third kappa shape index (κ3) is 4.28. The summed E-state index contributed by atoms with van der Waals surface area (Å²) < 4.78 is 0. The summed E-state index contributed by atoms with van der Waals surface area (Å²) in [7, 11) is 0. The van der Waals surface area contributed by atoms with Crippen molar-refractivity contribution in [3.63, 3.8) is 0 Å². The molecule has 0 spiro atoms. The molecule has 1 aromatic rings. The number of rotatable bonds is 5. The SMILES string of the molecule is CC(=CCCCO)C(=O)Nc1ccccc1. The smallest absolute Gasteiger partial charge is 0.250 e. The predicted molar refractivity (Wildman–Crippen MR) is 65.1 cm³/mol. The molecule has 86 valence electrons. The molecule has 3 nitrogen and oxygen atoms in total. The van der Waals surface area contributed by atoms with Crippen LogP contribution in [0.3, 0.4) is 0 Å². The number of allylic oxidation sites excluding steroid dienone is 1. The lowest BCUT2D eigenvalue weighted by Crippen LogP contribution is -2.12. The van der Waals surface area contributed by atoms with E-state index in [9.17, 15) is 4.79 Å². The number of aliphatic hydroxyl groups is 1. The number of nitrogens with one attached hydrogen (secondary N) is 1. The third-order valence-electron chi connectivity index (χ3n) is 2.20. The number of para-hydroxylation sites is 1. The lowest BCUT2D eigenvalue weighted by Gasteiger charge is -2.04. The van der Waals surface area contributed by atoms with Gasteiger partial charge in [-0.15, -0.1) is 0 Å². The number of anilines is 1. The summed E-state index contributed by atoms with van der Waals surface area (Å²) in [5.41, 5.74) is 1.47. The van der Waals surface area contributed by atoms with E-state index in [-0.39, 0.29) is 12.5 Å². The van der Waals surface area contributed by atoms with Crippen molar-refractivity contribution in [1.82, 2.24) is 0 Å². The van der Waals surface area contributed by atoms with Crippen LogP contribution >= 0.6 is 0 Å². The van der Waals surface area contributed by atoms with E-state index in [1.165, 1.54) is 0 Å². The van der Waals surface area contributed by atoms with Crippen molar-refractivity contribution in [3.05, 3.63) is 42.0 Å². The number of unbranched alkanes of at least 4 members (excludes halogenated alkanes) is 1. The molecule has 0 radical (unpaired) electrons. The molecule has 0 atom stereocenters. The lowest BCUT2D eigenvalue weighted by molar-refractivity contribution is -0.112. The number of aliphatic hydroxyl groups excluding tert-OH is 1. The highest BCUT2D eigenvalue weighted by molar-refractivity contribution is 6.03. The fourth-order valence-corrected chi connectivity index (χ4v) is 1.25. The molecular weight excluding hydrogens is 202 g/mol. The van der Waals surface area contributed by atoms with Gasteiger partial charge in [-0.2, -0.15) is 0 Å². The maximum atomic E-state index is 11.7. The van der Waals surface area contributed by atoms with Crippen molar-refractivity contribution < 1.29 is 9.90 Å². The Morgan fingerprint density at radius 2 is 2.06 bits per heavy atom. The molecule has 0 unspecified atom stereocenters. The minimum atomic E-state index is -0.0934. The zero-order chi connectivity index (χ0) is 11.8. The second-order valence-electron chi connectivity index (χ2n) is 3.57. The molecule has 0 heterocycles. The van der Waals surface area contributed by atoms with Crippen LogP contribution in [0.2, 0.25) is 0 Å². The Morgan fingerprint density at radius 1 is 1.38 bits per heavy atom. The summed E-state index contributed by atoms with van der Waals surface area (Å²) >= 11 is 0. The zero-order valence-corrected chi connectivity index (χ0v) is 9.44. The van der Waals surface area contributed by atoms with Crippen LogP contribution in [-0.4, -0.2) is 17.6 Å². The molecule has 0 bridgehead atoms. The molecule has 0 aliphatic heterocycles. The van der Waals surface area contributed by atoms with Gasteiger partial charge in [0.15, 0.2) is 0 Å². The second-order valence-corrected chi connectivity index (χ2v) is 3.57. The first-order valence-corrected chi connectivity index (χ1v) is 5.38. The number of carbonyl (C=O) groups excluding carboxylic acids is 1. The minimum absolute atomic E-state index is 0.0934. The highest BCUT2D eigenvalue weighted by atomic mass is 16.2. The first kappa shape index (κ1) is 12.5. The number of carbonyl (C=O) groups is 1. The summed E-state index contributed by atoms with van der Waals surface area (Å²) in [6, 6.07) is 9.35. The highest BCUT2D eigenvalue weighted by Crippen LogP contribution is 2.07. The molecule has 0 fully saturated rings. The van der Waals surface area contributed by atoms with Crippen LogP contribution in [0.25, 0.3) is 0 Å². The van der Waals surface area contributed by atoms with Crippen LogP contribution in [-0.2, 0) is 4.79 Å². The van der Waals surface area contributed by atoms with Gasteiger partial charge in [0.1, 0.15) is 0 Å². The molecule has 1 rings (SSSR count). The van der Waals surface area contributed by atoms with Crippen molar-refractivity contribution in [2.75, 3.05) is 11.9 Å². The van der Waals surface area contributed by atoms with Gasteiger partial charge in [0.25, 0.3) is 5.91 Å². The van der Waals surface area contributed by atoms with E-state index < -0.39 is 0 Å². The average molecular weight is 219 g/mol. The van der Waals surface area contributed by atoms with E-state index in [4.69, 9.17) is 5.11 Å². The number of hydrogen-bond acceptors (Lipinski definition) is 2. The van der Waals surface area contributed by atoms with E-state index in [1.807, 2.05) is 36.4 Å². The quantitative estimate of drug-likeness (QED) is 0.590. The normalized spacial score (nSPS) is 11.2. The standard InChI is InChI=1S/C13H17NO2/c1-11(7-5-6-10-15)13(16)14-12-8-3-2-4-9-12/h2-4,7-9,15H,5-6,10H2,1H3,(H,14,16). The van der Waals surface area contributed by atoms with Crippen LogP contribution in [0, 0.1) is 0 Å².